The van der Waals surface area contributed by atoms with Gasteiger partial charge >= 0.3 is 0 Å². The number of nitrogens with zero attached hydrogens (tertiary/aromatic N) is 1. The molecule has 61 valence electrons. The average Bonchev–Trinajstić information content (AvgIpc) is 2.35. The molecule has 0 aromatic carbocycles. The van der Waals surface area contributed by atoms with Crippen LogP contribution in [0.5, 0.6) is 0 Å². The third kappa shape index (κ3) is 2.22. The molecule has 1 rings (SSSR count). The van der Waals surface area contributed by atoms with Crippen LogP contribution in [0.2, 0.25) is 0 Å². The SMILES string of the molecule is NC(=O)[CH]C(=O)N1CCCC1. The maximum atomic E-state index is 11.0. The maximum absolute atomic E-state index is 11.0. The van der Waals surface area contributed by atoms with E-state index >= 15 is 0 Å². The number of hydrogen-bond donors (Lipinski definition) is 1. The van der Waals surface area contributed by atoms with Crippen LogP contribution in [0.25, 0.3) is 0 Å². The summed E-state index contributed by atoms with van der Waals surface area (Å²) in [5.74, 6) is -0.920. The highest BCUT2D eigenvalue weighted by atomic mass is 16.2. The van der Waals surface area contributed by atoms with Crippen molar-refractivity contribution in [3.05, 3.63) is 6.42 Å². The highest BCUT2D eigenvalue weighted by molar-refractivity contribution is 6.07. The molecule has 1 fully saturated rings. The van der Waals surface area contributed by atoms with Gasteiger partial charge in [-0.05, 0) is 12.8 Å². The summed E-state index contributed by atoms with van der Waals surface area (Å²) in [4.78, 5) is 22.9. The lowest BCUT2D eigenvalue weighted by Gasteiger charge is -2.12. The predicted octanol–water partition coefficient (Wildman–Crippen LogP) is -0.702. The monoisotopic (exact) mass is 155 g/mol. The van der Waals surface area contributed by atoms with E-state index in [0.717, 1.165) is 32.4 Å². The van der Waals surface area contributed by atoms with Crippen LogP contribution in [-0.2, 0) is 9.59 Å². The number of likely N-dealkylation sites (tertiary alicyclic amines) is 1. The van der Waals surface area contributed by atoms with E-state index in [1.807, 2.05) is 0 Å². The zero-order valence-corrected chi connectivity index (χ0v) is 6.25. The number of primary amides is 1. The second-order valence-electron chi connectivity index (χ2n) is 2.58. The first-order valence-electron chi connectivity index (χ1n) is 3.63. The largest absolute Gasteiger partial charge is 0.369 e. The molecule has 11 heavy (non-hydrogen) atoms. The summed E-state index contributed by atoms with van der Waals surface area (Å²) in [6.07, 6.45) is 2.99. The third-order valence-electron chi connectivity index (χ3n) is 1.68. The first-order valence-corrected chi connectivity index (χ1v) is 3.63. The Bertz CT molecular complexity index is 173. The van der Waals surface area contributed by atoms with Crippen molar-refractivity contribution < 1.29 is 9.59 Å². The van der Waals surface area contributed by atoms with Crippen LogP contribution in [0.4, 0.5) is 0 Å². The summed E-state index contributed by atoms with van der Waals surface area (Å²) < 4.78 is 0. The molecule has 0 unspecified atom stereocenters. The highest BCUT2D eigenvalue weighted by Crippen LogP contribution is 2.07. The average molecular weight is 155 g/mol. The summed E-state index contributed by atoms with van der Waals surface area (Å²) in [5, 5.41) is 0. The van der Waals surface area contributed by atoms with Crippen molar-refractivity contribution in [1.82, 2.24) is 4.90 Å². The molecule has 1 radical (unpaired) electrons. The van der Waals surface area contributed by atoms with Crippen molar-refractivity contribution >= 4 is 11.8 Å². The van der Waals surface area contributed by atoms with Gasteiger partial charge in [-0.3, -0.25) is 9.59 Å². The maximum Gasteiger partial charge on any atom is 0.236 e. The van der Waals surface area contributed by atoms with E-state index in [2.05, 4.69) is 0 Å². The Morgan fingerprint density at radius 2 is 1.82 bits per heavy atom. The van der Waals surface area contributed by atoms with Gasteiger partial charge < -0.3 is 10.6 Å². The van der Waals surface area contributed by atoms with Crippen LogP contribution < -0.4 is 5.73 Å². The summed E-state index contributed by atoms with van der Waals surface area (Å²) in [6.45, 7) is 1.51. The lowest BCUT2D eigenvalue weighted by Crippen LogP contribution is -2.32. The molecule has 0 atom stereocenters. The van der Waals surface area contributed by atoms with E-state index in [1.54, 1.807) is 4.90 Å². The molecular weight excluding hydrogens is 144 g/mol. The van der Waals surface area contributed by atoms with E-state index in [1.165, 1.54) is 0 Å². The molecule has 4 heteroatoms. The number of hydrogen-bond acceptors (Lipinski definition) is 2. The minimum absolute atomic E-state index is 0.255. The molecule has 2 amide bonds. The van der Waals surface area contributed by atoms with Gasteiger partial charge in [-0.1, -0.05) is 0 Å². The van der Waals surface area contributed by atoms with E-state index in [0.29, 0.717) is 0 Å². The summed E-state index contributed by atoms with van der Waals surface area (Å²) in [5.41, 5.74) is 4.82. The Hall–Kier alpha value is -1.06. The smallest absolute Gasteiger partial charge is 0.236 e. The zero-order valence-electron chi connectivity index (χ0n) is 6.25. The minimum Gasteiger partial charge on any atom is -0.369 e. The lowest BCUT2D eigenvalue weighted by molar-refractivity contribution is -0.129. The molecule has 1 aliphatic heterocycles. The highest BCUT2D eigenvalue weighted by Gasteiger charge is 2.19. The van der Waals surface area contributed by atoms with Gasteiger partial charge in [0, 0.05) is 13.1 Å². The lowest BCUT2D eigenvalue weighted by atomic mass is 10.3. The summed E-state index contributed by atoms with van der Waals surface area (Å²) in [7, 11) is 0. The predicted molar refractivity (Wildman–Crippen MR) is 39.3 cm³/mol. The molecule has 1 aliphatic rings. The van der Waals surface area contributed by atoms with Crippen LogP contribution in [-0.4, -0.2) is 29.8 Å². The van der Waals surface area contributed by atoms with Gasteiger partial charge in [-0.2, -0.15) is 0 Å². The fourth-order valence-electron chi connectivity index (χ4n) is 1.15. The van der Waals surface area contributed by atoms with Gasteiger partial charge in [0.2, 0.25) is 11.8 Å². The molecule has 0 aliphatic carbocycles. The Balaban J connectivity index is 2.34. The summed E-state index contributed by atoms with van der Waals surface area (Å²) in [6, 6.07) is 0. The van der Waals surface area contributed by atoms with Gasteiger partial charge in [-0.25, -0.2) is 0 Å². The van der Waals surface area contributed by atoms with Gasteiger partial charge in [0.1, 0.15) is 6.42 Å². The standard InChI is InChI=1S/C7H11N2O2/c8-6(10)5-7(11)9-3-1-2-4-9/h5H,1-4H2,(H2,8,10). The van der Waals surface area contributed by atoms with Crippen molar-refractivity contribution in [3.8, 4) is 0 Å². The first kappa shape index (κ1) is 8.04. The molecule has 1 heterocycles. The van der Waals surface area contributed by atoms with Gasteiger partial charge in [0.05, 0.1) is 0 Å². The number of rotatable bonds is 2. The van der Waals surface area contributed by atoms with Gasteiger partial charge in [0.15, 0.2) is 0 Å². The number of carbonyl (C=O) groups excluding carboxylic acids is 2. The van der Waals surface area contributed by atoms with Crippen LogP contribution >= 0.6 is 0 Å². The zero-order chi connectivity index (χ0) is 8.27. The Kier molecular flexibility index (Phi) is 2.46. The number of nitrogens with two attached hydrogens (primary N) is 1. The van der Waals surface area contributed by atoms with Crippen molar-refractivity contribution in [2.24, 2.45) is 5.73 Å². The van der Waals surface area contributed by atoms with Gasteiger partial charge in [0.25, 0.3) is 0 Å². The van der Waals surface area contributed by atoms with Crippen molar-refractivity contribution in [2.75, 3.05) is 13.1 Å². The number of amides is 2. The fraction of sp³-hybridized carbons (Fsp3) is 0.571. The normalized spacial score (nSPS) is 16.9. The molecule has 4 nitrogen and oxygen atoms in total. The molecule has 0 saturated carbocycles. The van der Waals surface area contributed by atoms with E-state index in [4.69, 9.17) is 5.73 Å². The van der Waals surface area contributed by atoms with E-state index < -0.39 is 5.91 Å². The van der Waals surface area contributed by atoms with Crippen LogP contribution in [0.1, 0.15) is 12.8 Å². The van der Waals surface area contributed by atoms with Crippen molar-refractivity contribution in [1.29, 1.82) is 0 Å². The fourth-order valence-corrected chi connectivity index (χ4v) is 1.15. The van der Waals surface area contributed by atoms with E-state index in [9.17, 15) is 9.59 Å². The quantitative estimate of drug-likeness (QED) is 0.536. The molecule has 0 aromatic rings. The first-order chi connectivity index (χ1) is 5.20. The van der Waals surface area contributed by atoms with Crippen molar-refractivity contribution in [2.45, 2.75) is 12.8 Å². The second-order valence-corrected chi connectivity index (χ2v) is 2.58. The second kappa shape index (κ2) is 3.37. The van der Waals surface area contributed by atoms with Crippen LogP contribution in [0.15, 0.2) is 0 Å². The molecular formula is C7H11N2O2. The topological polar surface area (TPSA) is 63.4 Å². The molecule has 2 N–H and O–H groups in total. The van der Waals surface area contributed by atoms with Crippen LogP contribution in [0.3, 0.4) is 0 Å². The molecule has 0 aromatic heterocycles. The minimum atomic E-state index is -0.665. The Morgan fingerprint density at radius 3 is 2.27 bits per heavy atom. The van der Waals surface area contributed by atoms with E-state index in [-0.39, 0.29) is 5.91 Å². The molecule has 0 spiro atoms. The third-order valence-corrected chi connectivity index (χ3v) is 1.68. The number of carbonyl (C=O) groups is 2. The Morgan fingerprint density at radius 1 is 1.27 bits per heavy atom. The van der Waals surface area contributed by atoms with Crippen molar-refractivity contribution in [3.63, 3.8) is 0 Å². The summed E-state index contributed by atoms with van der Waals surface area (Å²) >= 11 is 0. The molecule has 0 bridgehead atoms. The van der Waals surface area contributed by atoms with Crippen LogP contribution in [0, 0.1) is 6.42 Å². The molecule has 1 saturated heterocycles. The Labute approximate surface area is 65.3 Å². The van der Waals surface area contributed by atoms with Gasteiger partial charge in [-0.15, -0.1) is 0 Å².